The molecule has 0 spiro atoms. The first-order valence-corrected chi connectivity index (χ1v) is 7.65. The number of halogens is 2. The largest absolute Gasteiger partial charge is 0.310 e. The SMILES string of the molecule is C=CCCCC(NCCC)c1ccc(Cl)cc1Br. The smallest absolute Gasteiger partial charge is 0.0417 e. The normalized spacial score (nSPS) is 12.4. The summed E-state index contributed by atoms with van der Waals surface area (Å²) < 4.78 is 1.09. The topological polar surface area (TPSA) is 12.0 Å². The van der Waals surface area contributed by atoms with Crippen molar-refractivity contribution in [1.82, 2.24) is 5.32 Å². The summed E-state index contributed by atoms with van der Waals surface area (Å²) in [5, 5.41) is 4.37. The first-order chi connectivity index (χ1) is 8.69. The fourth-order valence-electron chi connectivity index (χ4n) is 1.94. The minimum absolute atomic E-state index is 0.386. The maximum Gasteiger partial charge on any atom is 0.0417 e. The van der Waals surface area contributed by atoms with E-state index in [1.807, 2.05) is 18.2 Å². The molecule has 18 heavy (non-hydrogen) atoms. The number of hydrogen-bond acceptors (Lipinski definition) is 1. The predicted molar refractivity (Wildman–Crippen MR) is 84.2 cm³/mol. The second-order valence-corrected chi connectivity index (χ2v) is 5.68. The molecule has 0 bridgehead atoms. The summed E-state index contributed by atoms with van der Waals surface area (Å²) in [6, 6.07) is 6.41. The Kier molecular flexibility index (Phi) is 7.64. The summed E-state index contributed by atoms with van der Waals surface area (Å²) in [6.07, 6.45) is 6.46. The molecule has 0 fully saturated rings. The molecule has 1 N–H and O–H groups in total. The van der Waals surface area contributed by atoms with Crippen molar-refractivity contribution in [3.63, 3.8) is 0 Å². The molecule has 0 saturated carbocycles. The summed E-state index contributed by atoms with van der Waals surface area (Å²) in [5.74, 6) is 0. The maximum atomic E-state index is 5.99. The highest BCUT2D eigenvalue weighted by Crippen LogP contribution is 2.29. The van der Waals surface area contributed by atoms with Gasteiger partial charge in [-0.15, -0.1) is 6.58 Å². The van der Waals surface area contributed by atoms with Crippen molar-refractivity contribution in [2.75, 3.05) is 6.54 Å². The maximum absolute atomic E-state index is 5.99. The fraction of sp³-hybridized carbons (Fsp3) is 0.467. The minimum atomic E-state index is 0.386. The fourth-order valence-corrected chi connectivity index (χ4v) is 2.90. The predicted octanol–water partition coefficient (Wildman–Crippen LogP) is 5.50. The van der Waals surface area contributed by atoms with Gasteiger partial charge in [0.25, 0.3) is 0 Å². The van der Waals surface area contributed by atoms with Crippen LogP contribution in [-0.4, -0.2) is 6.54 Å². The van der Waals surface area contributed by atoms with E-state index in [-0.39, 0.29) is 0 Å². The Morgan fingerprint density at radius 1 is 1.50 bits per heavy atom. The first kappa shape index (κ1) is 15.7. The summed E-state index contributed by atoms with van der Waals surface area (Å²) >= 11 is 9.59. The third-order valence-electron chi connectivity index (χ3n) is 2.88. The van der Waals surface area contributed by atoms with Gasteiger partial charge >= 0.3 is 0 Å². The molecule has 3 heteroatoms. The summed E-state index contributed by atoms with van der Waals surface area (Å²) in [5.41, 5.74) is 1.29. The van der Waals surface area contributed by atoms with E-state index in [2.05, 4.69) is 40.8 Å². The van der Waals surface area contributed by atoms with Gasteiger partial charge < -0.3 is 5.32 Å². The Morgan fingerprint density at radius 2 is 2.28 bits per heavy atom. The number of hydrogen-bond donors (Lipinski definition) is 1. The van der Waals surface area contributed by atoms with E-state index in [9.17, 15) is 0 Å². The minimum Gasteiger partial charge on any atom is -0.310 e. The van der Waals surface area contributed by atoms with E-state index >= 15 is 0 Å². The van der Waals surface area contributed by atoms with Crippen LogP contribution in [0.1, 0.15) is 44.2 Å². The van der Waals surface area contributed by atoms with Crippen molar-refractivity contribution in [3.8, 4) is 0 Å². The van der Waals surface area contributed by atoms with Crippen molar-refractivity contribution < 1.29 is 0 Å². The third-order valence-corrected chi connectivity index (χ3v) is 3.80. The van der Waals surface area contributed by atoms with Gasteiger partial charge in [0.15, 0.2) is 0 Å². The molecule has 0 heterocycles. The van der Waals surface area contributed by atoms with Gasteiger partial charge in [-0.3, -0.25) is 0 Å². The standard InChI is InChI=1S/C15H21BrClN/c1-3-5-6-7-15(18-10-4-2)13-9-8-12(17)11-14(13)16/h3,8-9,11,15,18H,1,4-7,10H2,2H3. The molecule has 0 aliphatic heterocycles. The van der Waals surface area contributed by atoms with Crippen LogP contribution in [-0.2, 0) is 0 Å². The lowest BCUT2D eigenvalue weighted by atomic mass is 10.0. The third kappa shape index (κ3) is 5.13. The lowest BCUT2D eigenvalue weighted by Gasteiger charge is -2.20. The lowest BCUT2D eigenvalue weighted by molar-refractivity contribution is 0.485. The average Bonchev–Trinajstić information content (AvgIpc) is 2.34. The van der Waals surface area contributed by atoms with Gasteiger partial charge in [0, 0.05) is 15.5 Å². The van der Waals surface area contributed by atoms with E-state index in [4.69, 9.17) is 11.6 Å². The van der Waals surface area contributed by atoms with Gasteiger partial charge in [-0.05, 0) is 49.9 Å². The van der Waals surface area contributed by atoms with Crippen molar-refractivity contribution >= 4 is 27.5 Å². The van der Waals surface area contributed by atoms with Gasteiger partial charge in [0.1, 0.15) is 0 Å². The molecule has 1 aromatic carbocycles. The number of unbranched alkanes of at least 4 members (excludes halogenated alkanes) is 1. The second-order valence-electron chi connectivity index (χ2n) is 4.39. The Hall–Kier alpha value is -0.310. The van der Waals surface area contributed by atoms with Crippen LogP contribution in [0.3, 0.4) is 0 Å². The molecule has 0 aliphatic carbocycles. The zero-order chi connectivity index (χ0) is 13.4. The Balaban J connectivity index is 2.76. The van der Waals surface area contributed by atoms with Crippen molar-refractivity contribution in [3.05, 3.63) is 45.9 Å². The van der Waals surface area contributed by atoms with Crippen LogP contribution in [0.15, 0.2) is 35.3 Å². The van der Waals surface area contributed by atoms with E-state index in [1.165, 1.54) is 5.56 Å². The van der Waals surface area contributed by atoms with Gasteiger partial charge in [-0.1, -0.05) is 46.6 Å². The quantitative estimate of drug-likeness (QED) is 0.490. The van der Waals surface area contributed by atoms with Crippen LogP contribution in [0.25, 0.3) is 0 Å². The van der Waals surface area contributed by atoms with Crippen LogP contribution >= 0.6 is 27.5 Å². The van der Waals surface area contributed by atoms with Crippen molar-refractivity contribution in [1.29, 1.82) is 0 Å². The van der Waals surface area contributed by atoms with Crippen LogP contribution in [0.4, 0.5) is 0 Å². The summed E-state index contributed by atoms with van der Waals surface area (Å²) in [7, 11) is 0. The molecule has 100 valence electrons. The molecule has 0 saturated heterocycles. The highest BCUT2D eigenvalue weighted by molar-refractivity contribution is 9.10. The molecule has 0 radical (unpaired) electrons. The molecule has 1 rings (SSSR count). The number of allylic oxidation sites excluding steroid dienone is 1. The van der Waals surface area contributed by atoms with Gasteiger partial charge in [0.05, 0.1) is 0 Å². The average molecular weight is 331 g/mol. The monoisotopic (exact) mass is 329 g/mol. The van der Waals surface area contributed by atoms with E-state index in [1.54, 1.807) is 0 Å². The first-order valence-electron chi connectivity index (χ1n) is 6.48. The molecule has 1 aromatic rings. The zero-order valence-corrected chi connectivity index (χ0v) is 13.2. The van der Waals surface area contributed by atoms with E-state index < -0.39 is 0 Å². The Labute approximate surface area is 124 Å². The molecule has 0 aromatic heterocycles. The zero-order valence-electron chi connectivity index (χ0n) is 10.9. The van der Waals surface area contributed by atoms with Crippen molar-refractivity contribution in [2.45, 2.75) is 38.6 Å². The van der Waals surface area contributed by atoms with Crippen molar-refractivity contribution in [2.24, 2.45) is 0 Å². The number of benzene rings is 1. The highest BCUT2D eigenvalue weighted by Gasteiger charge is 2.13. The van der Waals surface area contributed by atoms with E-state index in [0.29, 0.717) is 6.04 Å². The van der Waals surface area contributed by atoms with Gasteiger partial charge in [-0.25, -0.2) is 0 Å². The number of nitrogens with one attached hydrogen (secondary N) is 1. The van der Waals surface area contributed by atoms with Gasteiger partial charge in [-0.2, -0.15) is 0 Å². The Bertz CT molecular complexity index is 379. The van der Waals surface area contributed by atoms with Crippen LogP contribution in [0, 0.1) is 0 Å². The molecule has 0 aliphatic rings. The second kappa shape index (κ2) is 8.73. The molecule has 1 unspecified atom stereocenters. The van der Waals surface area contributed by atoms with Gasteiger partial charge in [0.2, 0.25) is 0 Å². The lowest BCUT2D eigenvalue weighted by Crippen LogP contribution is -2.22. The molecule has 0 amide bonds. The molecular weight excluding hydrogens is 310 g/mol. The van der Waals surface area contributed by atoms with E-state index in [0.717, 1.165) is 41.7 Å². The van der Waals surface area contributed by atoms with Crippen LogP contribution in [0.2, 0.25) is 5.02 Å². The van der Waals surface area contributed by atoms with Crippen LogP contribution in [0.5, 0.6) is 0 Å². The molecule has 1 nitrogen and oxygen atoms in total. The molecular formula is C15H21BrClN. The molecule has 1 atom stereocenters. The summed E-state index contributed by atoms with van der Waals surface area (Å²) in [6.45, 7) is 7.00. The Morgan fingerprint density at radius 3 is 2.89 bits per heavy atom. The summed E-state index contributed by atoms with van der Waals surface area (Å²) in [4.78, 5) is 0. The highest BCUT2D eigenvalue weighted by atomic mass is 79.9. The van der Waals surface area contributed by atoms with Crippen LogP contribution < -0.4 is 5.32 Å². The number of rotatable bonds is 8.